The van der Waals surface area contributed by atoms with Crippen molar-refractivity contribution in [3.05, 3.63) is 41.2 Å². The van der Waals surface area contributed by atoms with Crippen molar-refractivity contribution in [1.29, 1.82) is 0 Å². The van der Waals surface area contributed by atoms with Gasteiger partial charge in [0, 0.05) is 11.5 Å². The molecule has 0 unspecified atom stereocenters. The molecule has 0 radical (unpaired) electrons. The van der Waals surface area contributed by atoms with Crippen LogP contribution in [0.15, 0.2) is 30.5 Å². The third-order valence-corrected chi connectivity index (χ3v) is 3.95. The average molecular weight is 309 g/mol. The zero-order valence-corrected chi connectivity index (χ0v) is 11.3. The van der Waals surface area contributed by atoms with E-state index in [1.54, 1.807) is 11.3 Å². The lowest BCUT2D eigenvalue weighted by molar-refractivity contribution is 0.647. The molecule has 2 aromatic heterocycles. The maximum absolute atomic E-state index is 4.56. The first-order chi connectivity index (χ1) is 8.35. The largest absolute Gasteiger partial charge is 0.245 e. The van der Waals surface area contributed by atoms with Crippen molar-refractivity contribution in [3.8, 4) is 0 Å². The van der Waals surface area contributed by atoms with Crippen LogP contribution in [0.5, 0.6) is 0 Å². The van der Waals surface area contributed by atoms with Gasteiger partial charge in [-0.1, -0.05) is 33.3 Å². The number of hydrogen-bond acceptors (Lipinski definition) is 4. The van der Waals surface area contributed by atoms with E-state index < -0.39 is 0 Å². The van der Waals surface area contributed by atoms with Gasteiger partial charge in [0.05, 0.1) is 22.5 Å². The van der Waals surface area contributed by atoms with Crippen molar-refractivity contribution in [3.63, 3.8) is 0 Å². The highest BCUT2D eigenvalue weighted by Gasteiger charge is 2.05. The Labute approximate surface area is 110 Å². The quantitative estimate of drug-likeness (QED) is 0.699. The number of rotatable bonds is 3. The number of para-hydroxylation sites is 1. The summed E-state index contributed by atoms with van der Waals surface area (Å²) in [6.45, 7) is 0.680. The smallest absolute Gasteiger partial charge is 0.115 e. The monoisotopic (exact) mass is 308 g/mol. The van der Waals surface area contributed by atoms with Crippen LogP contribution in [0, 0.1) is 0 Å². The van der Waals surface area contributed by atoms with E-state index in [0.29, 0.717) is 6.54 Å². The maximum atomic E-state index is 4.56. The van der Waals surface area contributed by atoms with E-state index in [0.717, 1.165) is 21.5 Å². The summed E-state index contributed by atoms with van der Waals surface area (Å²) >= 11 is 5.05. The van der Waals surface area contributed by atoms with Crippen LogP contribution in [0.4, 0.5) is 0 Å². The third kappa shape index (κ3) is 2.23. The average Bonchev–Trinajstić information content (AvgIpc) is 2.94. The number of aromatic nitrogens is 4. The Morgan fingerprint density at radius 1 is 1.29 bits per heavy atom. The van der Waals surface area contributed by atoms with E-state index in [1.165, 1.54) is 4.70 Å². The second kappa shape index (κ2) is 4.54. The summed E-state index contributed by atoms with van der Waals surface area (Å²) < 4.78 is 3.03. The van der Waals surface area contributed by atoms with Gasteiger partial charge in [0.2, 0.25) is 0 Å². The topological polar surface area (TPSA) is 43.6 Å². The fraction of sp³-hybridized carbons (Fsp3) is 0.182. The number of nitrogens with zero attached hydrogens (tertiary/aromatic N) is 4. The second-order valence-electron chi connectivity index (χ2n) is 3.62. The SMILES string of the molecule is BrCc1cn(Cc2nc3ccccc3s2)nn1. The Bertz CT molecular complexity index is 613. The molecule has 3 rings (SSSR count). The van der Waals surface area contributed by atoms with Gasteiger partial charge in [0.1, 0.15) is 5.01 Å². The highest BCUT2D eigenvalue weighted by atomic mass is 79.9. The van der Waals surface area contributed by atoms with Gasteiger partial charge in [0.25, 0.3) is 0 Å². The number of fused-ring (bicyclic) bond motifs is 1. The van der Waals surface area contributed by atoms with E-state index >= 15 is 0 Å². The lowest BCUT2D eigenvalue weighted by Gasteiger charge is -1.93. The molecule has 0 N–H and O–H groups in total. The Morgan fingerprint density at radius 3 is 2.94 bits per heavy atom. The first kappa shape index (κ1) is 10.9. The van der Waals surface area contributed by atoms with Crippen molar-refractivity contribution < 1.29 is 0 Å². The summed E-state index contributed by atoms with van der Waals surface area (Å²) in [7, 11) is 0. The van der Waals surface area contributed by atoms with E-state index in [4.69, 9.17) is 0 Å². The molecule has 0 amide bonds. The standard InChI is InChI=1S/C11H9BrN4S/c12-5-8-6-16(15-14-8)7-11-13-9-3-1-2-4-10(9)17-11/h1-4,6H,5,7H2. The predicted octanol–water partition coefficient (Wildman–Crippen LogP) is 2.83. The molecule has 2 heterocycles. The number of alkyl halides is 1. The molecule has 0 saturated heterocycles. The highest BCUT2D eigenvalue weighted by Crippen LogP contribution is 2.21. The van der Waals surface area contributed by atoms with Gasteiger partial charge in [0.15, 0.2) is 0 Å². The van der Waals surface area contributed by atoms with Gasteiger partial charge in [-0.3, -0.25) is 0 Å². The molecule has 1 aromatic carbocycles. The van der Waals surface area contributed by atoms with Crippen LogP contribution >= 0.6 is 27.3 Å². The van der Waals surface area contributed by atoms with Crippen molar-refractivity contribution in [2.24, 2.45) is 0 Å². The Balaban J connectivity index is 1.89. The van der Waals surface area contributed by atoms with Gasteiger partial charge < -0.3 is 0 Å². The lowest BCUT2D eigenvalue weighted by Crippen LogP contribution is -1.99. The molecule has 6 heteroatoms. The van der Waals surface area contributed by atoms with E-state index in [1.807, 2.05) is 29.1 Å². The normalized spacial score (nSPS) is 11.1. The summed E-state index contributed by atoms with van der Waals surface area (Å²) in [5, 5.41) is 9.87. The molecular weight excluding hydrogens is 300 g/mol. The number of thiazole rings is 1. The Morgan fingerprint density at radius 2 is 2.18 bits per heavy atom. The molecule has 86 valence electrons. The number of halogens is 1. The molecule has 17 heavy (non-hydrogen) atoms. The van der Waals surface area contributed by atoms with Crippen LogP contribution in [0.1, 0.15) is 10.7 Å². The van der Waals surface area contributed by atoms with Crippen LogP contribution in [0.3, 0.4) is 0 Å². The first-order valence-electron chi connectivity index (χ1n) is 5.14. The van der Waals surface area contributed by atoms with Gasteiger partial charge >= 0.3 is 0 Å². The fourth-order valence-electron chi connectivity index (χ4n) is 1.60. The lowest BCUT2D eigenvalue weighted by atomic mass is 10.3. The molecule has 0 bridgehead atoms. The molecule has 0 aliphatic carbocycles. The second-order valence-corrected chi connectivity index (χ2v) is 5.29. The molecule has 0 atom stereocenters. The van der Waals surface area contributed by atoms with Crippen molar-refractivity contribution >= 4 is 37.5 Å². The molecule has 0 spiro atoms. The molecule has 3 aromatic rings. The van der Waals surface area contributed by atoms with Crippen LogP contribution in [-0.4, -0.2) is 20.0 Å². The molecule has 0 aliphatic rings. The summed E-state index contributed by atoms with van der Waals surface area (Å²) in [5.41, 5.74) is 1.99. The molecule has 0 fully saturated rings. The third-order valence-electron chi connectivity index (χ3n) is 2.36. The minimum Gasteiger partial charge on any atom is -0.245 e. The molecular formula is C11H9BrN4S. The van der Waals surface area contributed by atoms with Crippen LogP contribution < -0.4 is 0 Å². The van der Waals surface area contributed by atoms with Gasteiger partial charge in [-0.15, -0.1) is 16.4 Å². The molecule has 0 aliphatic heterocycles. The van der Waals surface area contributed by atoms with Crippen molar-refractivity contribution in [1.82, 2.24) is 20.0 Å². The van der Waals surface area contributed by atoms with Gasteiger partial charge in [-0.05, 0) is 12.1 Å². The molecule has 0 saturated carbocycles. The highest BCUT2D eigenvalue weighted by molar-refractivity contribution is 9.08. The van der Waals surface area contributed by atoms with Crippen LogP contribution in [-0.2, 0) is 11.9 Å². The van der Waals surface area contributed by atoms with Crippen LogP contribution in [0.25, 0.3) is 10.2 Å². The summed E-state index contributed by atoms with van der Waals surface area (Å²) in [5.74, 6) is 0. The number of benzene rings is 1. The number of hydrogen-bond donors (Lipinski definition) is 0. The van der Waals surface area contributed by atoms with Crippen molar-refractivity contribution in [2.75, 3.05) is 0 Å². The van der Waals surface area contributed by atoms with Gasteiger partial charge in [-0.25, -0.2) is 9.67 Å². The summed E-state index contributed by atoms with van der Waals surface area (Å²) in [6.07, 6.45) is 1.93. The summed E-state index contributed by atoms with van der Waals surface area (Å²) in [6, 6.07) is 8.15. The van der Waals surface area contributed by atoms with E-state index in [2.05, 4.69) is 37.3 Å². The molecule has 4 nitrogen and oxygen atoms in total. The minimum atomic E-state index is 0.680. The Kier molecular flexibility index (Phi) is 2.90. The van der Waals surface area contributed by atoms with E-state index in [-0.39, 0.29) is 0 Å². The first-order valence-corrected chi connectivity index (χ1v) is 7.08. The minimum absolute atomic E-state index is 0.680. The van der Waals surface area contributed by atoms with Gasteiger partial charge in [-0.2, -0.15) is 0 Å². The van der Waals surface area contributed by atoms with Crippen molar-refractivity contribution in [2.45, 2.75) is 11.9 Å². The van der Waals surface area contributed by atoms with Crippen LogP contribution in [0.2, 0.25) is 0 Å². The predicted molar refractivity (Wildman–Crippen MR) is 71.4 cm³/mol. The van der Waals surface area contributed by atoms with E-state index in [9.17, 15) is 0 Å². The maximum Gasteiger partial charge on any atom is 0.115 e. The Hall–Kier alpha value is -1.27. The zero-order valence-electron chi connectivity index (χ0n) is 8.88. The zero-order chi connectivity index (χ0) is 11.7. The summed E-state index contributed by atoms with van der Waals surface area (Å²) in [4.78, 5) is 4.56. The fourth-order valence-corrected chi connectivity index (χ4v) is 2.82.